The molecule has 0 saturated heterocycles. The smallest absolute Gasteiger partial charge is 0.325 e. The quantitative estimate of drug-likeness (QED) is 0.858. The van der Waals surface area contributed by atoms with Crippen molar-refractivity contribution in [2.24, 2.45) is 0 Å². The molecule has 0 aliphatic rings. The van der Waals surface area contributed by atoms with E-state index < -0.39 is 11.4 Å². The van der Waals surface area contributed by atoms with E-state index in [1.807, 2.05) is 31.2 Å². The van der Waals surface area contributed by atoms with Gasteiger partial charge in [0.2, 0.25) is 5.43 Å². The van der Waals surface area contributed by atoms with E-state index in [-0.39, 0.29) is 18.9 Å². The normalized spacial score (nSPS) is 10.5. The number of carbonyl (C=O) groups excluding carboxylic acids is 1. The summed E-state index contributed by atoms with van der Waals surface area (Å²) >= 11 is 0. The summed E-state index contributed by atoms with van der Waals surface area (Å²) in [5, 5.41) is 10.1. The molecule has 0 aliphatic carbocycles. The van der Waals surface area contributed by atoms with Crippen molar-refractivity contribution in [3.8, 4) is 5.75 Å². The Morgan fingerprint density at radius 1 is 1.23 bits per heavy atom. The summed E-state index contributed by atoms with van der Waals surface area (Å²) < 4.78 is 6.47. The number of aromatic nitrogens is 1. The topological polar surface area (TPSA) is 68.5 Å². The van der Waals surface area contributed by atoms with Gasteiger partial charge < -0.3 is 14.4 Å². The average molecular weight is 301 g/mol. The zero-order valence-corrected chi connectivity index (χ0v) is 12.7. The molecule has 0 radical (unpaired) electrons. The monoisotopic (exact) mass is 301 g/mol. The molecule has 1 aromatic carbocycles. The molecule has 116 valence electrons. The number of nitrogens with zero attached hydrogens (tertiary/aromatic N) is 1. The molecule has 0 fully saturated rings. The number of pyridine rings is 1. The first-order valence-corrected chi connectivity index (χ1v) is 7.13. The van der Waals surface area contributed by atoms with E-state index in [2.05, 4.69) is 0 Å². The summed E-state index contributed by atoms with van der Waals surface area (Å²) in [7, 11) is 0. The van der Waals surface area contributed by atoms with Gasteiger partial charge in [-0.05, 0) is 19.4 Å². The van der Waals surface area contributed by atoms with Gasteiger partial charge in [0.15, 0.2) is 5.75 Å². The summed E-state index contributed by atoms with van der Waals surface area (Å²) in [5.41, 5.74) is 2.03. The number of hydrogen-bond acceptors (Lipinski definition) is 4. The number of rotatable bonds is 5. The van der Waals surface area contributed by atoms with Crippen molar-refractivity contribution in [3.05, 3.63) is 63.6 Å². The Labute approximate surface area is 128 Å². The molecular weight excluding hydrogens is 282 g/mol. The van der Waals surface area contributed by atoms with E-state index in [0.29, 0.717) is 12.1 Å². The Hall–Kier alpha value is -2.56. The van der Waals surface area contributed by atoms with Crippen molar-refractivity contribution in [1.29, 1.82) is 0 Å². The van der Waals surface area contributed by atoms with Gasteiger partial charge in [0.05, 0.1) is 12.3 Å². The molecule has 1 aromatic heterocycles. The predicted octanol–water partition coefficient (Wildman–Crippen LogP) is 2.02. The summed E-state index contributed by atoms with van der Waals surface area (Å²) in [4.78, 5) is 23.3. The maximum Gasteiger partial charge on any atom is 0.325 e. The zero-order valence-electron chi connectivity index (χ0n) is 12.7. The van der Waals surface area contributed by atoms with E-state index in [0.717, 1.165) is 11.1 Å². The lowest BCUT2D eigenvalue weighted by Crippen LogP contribution is -2.19. The van der Waals surface area contributed by atoms with Crippen LogP contribution in [-0.4, -0.2) is 22.2 Å². The minimum absolute atomic E-state index is 0.0388. The standard InChI is InChI=1S/C17H19NO4/c1-3-22-16(20)11-18-9-8-15(19)17(21)14(18)10-13-6-4-12(2)5-7-13/h4-9,21H,3,10-11H2,1-2H3. The number of carbonyl (C=O) groups is 1. The second-order valence-corrected chi connectivity index (χ2v) is 5.07. The molecule has 22 heavy (non-hydrogen) atoms. The number of benzene rings is 1. The lowest BCUT2D eigenvalue weighted by Gasteiger charge is -2.14. The van der Waals surface area contributed by atoms with Crippen LogP contribution in [0.4, 0.5) is 0 Å². The fraction of sp³-hybridized carbons (Fsp3) is 0.294. The van der Waals surface area contributed by atoms with Gasteiger partial charge in [-0.3, -0.25) is 9.59 Å². The number of esters is 1. The first-order valence-electron chi connectivity index (χ1n) is 7.13. The van der Waals surface area contributed by atoms with Crippen LogP contribution in [0.5, 0.6) is 5.75 Å². The van der Waals surface area contributed by atoms with Gasteiger partial charge in [-0.25, -0.2) is 0 Å². The summed E-state index contributed by atoms with van der Waals surface area (Å²) in [6, 6.07) is 9.03. The molecule has 1 N–H and O–H groups in total. The Bertz CT molecular complexity index is 716. The molecule has 0 bridgehead atoms. The molecule has 0 atom stereocenters. The first kappa shape index (κ1) is 15.8. The third-order valence-electron chi connectivity index (χ3n) is 3.36. The highest BCUT2D eigenvalue weighted by Gasteiger charge is 2.13. The molecule has 0 spiro atoms. The predicted molar refractivity (Wildman–Crippen MR) is 83.0 cm³/mol. The van der Waals surface area contributed by atoms with E-state index >= 15 is 0 Å². The lowest BCUT2D eigenvalue weighted by molar-refractivity contribution is -0.143. The first-order chi connectivity index (χ1) is 10.5. The van der Waals surface area contributed by atoms with Gasteiger partial charge in [-0.15, -0.1) is 0 Å². The van der Waals surface area contributed by atoms with Gasteiger partial charge in [0.25, 0.3) is 0 Å². The molecule has 1 heterocycles. The second kappa shape index (κ2) is 6.93. The summed E-state index contributed by atoms with van der Waals surface area (Å²) in [6.45, 7) is 3.97. The molecule has 0 amide bonds. The molecule has 2 rings (SSSR count). The maximum absolute atomic E-state index is 11.7. The molecule has 0 aliphatic heterocycles. The van der Waals surface area contributed by atoms with Crippen molar-refractivity contribution in [2.45, 2.75) is 26.8 Å². The highest BCUT2D eigenvalue weighted by Crippen LogP contribution is 2.17. The lowest BCUT2D eigenvalue weighted by atomic mass is 10.1. The van der Waals surface area contributed by atoms with Crippen LogP contribution in [-0.2, 0) is 22.5 Å². The highest BCUT2D eigenvalue weighted by molar-refractivity contribution is 5.69. The van der Waals surface area contributed by atoms with E-state index in [1.165, 1.54) is 12.3 Å². The molecule has 5 nitrogen and oxygen atoms in total. The van der Waals surface area contributed by atoms with Crippen molar-refractivity contribution < 1.29 is 14.6 Å². The maximum atomic E-state index is 11.7. The van der Waals surface area contributed by atoms with Crippen LogP contribution >= 0.6 is 0 Å². The Balaban J connectivity index is 2.34. The van der Waals surface area contributed by atoms with Gasteiger partial charge in [-0.2, -0.15) is 0 Å². The second-order valence-electron chi connectivity index (χ2n) is 5.07. The van der Waals surface area contributed by atoms with Crippen LogP contribution in [0.2, 0.25) is 0 Å². The van der Waals surface area contributed by atoms with Crippen LogP contribution in [0, 0.1) is 6.92 Å². The molecular formula is C17H19NO4. The number of ether oxygens (including phenoxy) is 1. The fourth-order valence-electron chi connectivity index (χ4n) is 2.18. The fourth-order valence-corrected chi connectivity index (χ4v) is 2.18. The number of aryl methyl sites for hydroxylation is 1. The third kappa shape index (κ3) is 3.75. The van der Waals surface area contributed by atoms with E-state index in [1.54, 1.807) is 11.5 Å². The van der Waals surface area contributed by atoms with Crippen molar-refractivity contribution in [2.75, 3.05) is 6.61 Å². The van der Waals surface area contributed by atoms with Crippen molar-refractivity contribution in [3.63, 3.8) is 0 Å². The summed E-state index contributed by atoms with van der Waals surface area (Å²) in [6.07, 6.45) is 1.87. The van der Waals surface area contributed by atoms with Gasteiger partial charge in [0.1, 0.15) is 6.54 Å². The van der Waals surface area contributed by atoms with Crippen molar-refractivity contribution >= 4 is 5.97 Å². The van der Waals surface area contributed by atoms with E-state index in [4.69, 9.17) is 4.74 Å². The highest BCUT2D eigenvalue weighted by atomic mass is 16.5. The number of aromatic hydroxyl groups is 1. The van der Waals surface area contributed by atoms with E-state index in [9.17, 15) is 14.7 Å². The Kier molecular flexibility index (Phi) is 4.99. The van der Waals surface area contributed by atoms with Crippen molar-refractivity contribution in [1.82, 2.24) is 4.57 Å². The SMILES string of the molecule is CCOC(=O)Cn1ccc(=O)c(O)c1Cc1ccc(C)cc1. The third-order valence-corrected chi connectivity index (χ3v) is 3.36. The van der Waals surface area contributed by atoms with Crippen LogP contribution in [0.15, 0.2) is 41.3 Å². The van der Waals surface area contributed by atoms with Crippen LogP contribution in [0.1, 0.15) is 23.7 Å². The number of hydrogen-bond donors (Lipinski definition) is 1. The van der Waals surface area contributed by atoms with Crippen LogP contribution in [0.3, 0.4) is 0 Å². The Morgan fingerprint density at radius 2 is 1.91 bits per heavy atom. The van der Waals surface area contributed by atoms with Crippen LogP contribution in [0.25, 0.3) is 0 Å². The van der Waals surface area contributed by atoms with Gasteiger partial charge >= 0.3 is 5.97 Å². The molecule has 2 aromatic rings. The summed E-state index contributed by atoms with van der Waals surface area (Å²) in [5.74, 6) is -0.733. The van der Waals surface area contributed by atoms with Gasteiger partial charge in [0, 0.05) is 18.7 Å². The van der Waals surface area contributed by atoms with Gasteiger partial charge in [-0.1, -0.05) is 29.8 Å². The zero-order chi connectivity index (χ0) is 16.1. The molecule has 0 saturated carbocycles. The molecule has 0 unspecified atom stereocenters. The minimum Gasteiger partial charge on any atom is -0.503 e. The largest absolute Gasteiger partial charge is 0.503 e. The van der Waals surface area contributed by atoms with Crippen LogP contribution < -0.4 is 5.43 Å². The average Bonchev–Trinajstić information content (AvgIpc) is 2.49. The Morgan fingerprint density at radius 3 is 2.55 bits per heavy atom. The minimum atomic E-state index is -0.456. The molecule has 5 heteroatoms.